The highest BCUT2D eigenvalue weighted by Crippen LogP contribution is 2.22. The molecule has 0 radical (unpaired) electrons. The van der Waals surface area contributed by atoms with E-state index in [1.54, 1.807) is 0 Å². The lowest BCUT2D eigenvalue weighted by Gasteiger charge is -2.25. The number of nitrogens with zero attached hydrogens (tertiary/aromatic N) is 1. The maximum absolute atomic E-state index is 3.45. The standard InChI is InChI=1S/C9H18N2S/c1-3-10-4-6-11(5-1)9-2-7-12-8-9/h9-10H,1-8H2/t9-/m0/s1. The maximum atomic E-state index is 3.45. The molecule has 0 bridgehead atoms. The largest absolute Gasteiger partial charge is 0.315 e. The molecule has 3 heteroatoms. The van der Waals surface area contributed by atoms with E-state index >= 15 is 0 Å². The van der Waals surface area contributed by atoms with Gasteiger partial charge < -0.3 is 5.32 Å². The van der Waals surface area contributed by atoms with Gasteiger partial charge in [-0.3, -0.25) is 4.90 Å². The van der Waals surface area contributed by atoms with Crippen molar-refractivity contribution in [2.45, 2.75) is 18.9 Å². The molecule has 2 saturated heterocycles. The predicted molar refractivity (Wildman–Crippen MR) is 54.8 cm³/mol. The third-order valence-corrected chi connectivity index (χ3v) is 3.94. The minimum atomic E-state index is 0.898. The van der Waals surface area contributed by atoms with E-state index in [9.17, 15) is 0 Å². The molecule has 2 fully saturated rings. The second-order valence-corrected chi connectivity index (χ2v) is 4.81. The molecule has 0 aromatic carbocycles. The summed E-state index contributed by atoms with van der Waals surface area (Å²) in [5.41, 5.74) is 0. The molecule has 0 aliphatic carbocycles. The van der Waals surface area contributed by atoms with Crippen LogP contribution in [-0.2, 0) is 0 Å². The fourth-order valence-corrected chi connectivity index (χ4v) is 3.30. The summed E-state index contributed by atoms with van der Waals surface area (Å²) in [4.78, 5) is 2.68. The van der Waals surface area contributed by atoms with Crippen molar-refractivity contribution < 1.29 is 0 Å². The van der Waals surface area contributed by atoms with Crippen molar-refractivity contribution in [3.63, 3.8) is 0 Å². The topological polar surface area (TPSA) is 15.3 Å². The fourth-order valence-electron chi connectivity index (χ4n) is 2.04. The van der Waals surface area contributed by atoms with E-state index in [1.165, 1.54) is 50.5 Å². The van der Waals surface area contributed by atoms with Crippen LogP contribution in [0.15, 0.2) is 0 Å². The fraction of sp³-hybridized carbons (Fsp3) is 1.00. The summed E-state index contributed by atoms with van der Waals surface area (Å²) >= 11 is 2.12. The Morgan fingerprint density at radius 3 is 3.08 bits per heavy atom. The van der Waals surface area contributed by atoms with E-state index in [1.807, 2.05) is 0 Å². The third-order valence-electron chi connectivity index (χ3n) is 2.80. The highest BCUT2D eigenvalue weighted by molar-refractivity contribution is 7.99. The summed E-state index contributed by atoms with van der Waals surface area (Å²) in [7, 11) is 0. The normalized spacial score (nSPS) is 33.5. The van der Waals surface area contributed by atoms with Gasteiger partial charge >= 0.3 is 0 Å². The van der Waals surface area contributed by atoms with Gasteiger partial charge in [-0.05, 0) is 31.7 Å². The first-order valence-electron chi connectivity index (χ1n) is 4.99. The van der Waals surface area contributed by atoms with Crippen molar-refractivity contribution in [1.82, 2.24) is 10.2 Å². The van der Waals surface area contributed by atoms with E-state index in [2.05, 4.69) is 22.0 Å². The average Bonchev–Trinajstić information content (AvgIpc) is 2.48. The Kier molecular flexibility index (Phi) is 3.31. The minimum absolute atomic E-state index is 0.898. The predicted octanol–water partition coefficient (Wildman–Crippen LogP) is 0.787. The van der Waals surface area contributed by atoms with Crippen LogP contribution in [0, 0.1) is 0 Å². The van der Waals surface area contributed by atoms with Crippen LogP contribution in [0.3, 0.4) is 0 Å². The first kappa shape index (κ1) is 8.85. The molecular weight excluding hydrogens is 168 g/mol. The summed E-state index contributed by atoms with van der Waals surface area (Å²) in [6.45, 7) is 5.00. The van der Waals surface area contributed by atoms with Crippen LogP contribution in [0.5, 0.6) is 0 Å². The van der Waals surface area contributed by atoms with Gasteiger partial charge in [0.1, 0.15) is 0 Å². The average molecular weight is 186 g/mol. The number of nitrogens with one attached hydrogen (secondary N) is 1. The van der Waals surface area contributed by atoms with Gasteiger partial charge in [-0.1, -0.05) is 0 Å². The molecule has 1 N–H and O–H groups in total. The van der Waals surface area contributed by atoms with Crippen LogP contribution in [0.2, 0.25) is 0 Å². The monoisotopic (exact) mass is 186 g/mol. The molecule has 70 valence electrons. The number of thioether (sulfide) groups is 1. The van der Waals surface area contributed by atoms with Gasteiger partial charge in [0.05, 0.1) is 0 Å². The molecule has 2 aliphatic rings. The number of rotatable bonds is 1. The van der Waals surface area contributed by atoms with Crippen molar-refractivity contribution in [2.75, 3.05) is 37.7 Å². The third kappa shape index (κ3) is 2.15. The van der Waals surface area contributed by atoms with Crippen LogP contribution in [0.1, 0.15) is 12.8 Å². The zero-order chi connectivity index (χ0) is 8.23. The van der Waals surface area contributed by atoms with Gasteiger partial charge in [0, 0.05) is 24.9 Å². The van der Waals surface area contributed by atoms with Crippen LogP contribution in [0.4, 0.5) is 0 Å². The Balaban J connectivity index is 1.83. The lowest BCUT2D eigenvalue weighted by molar-refractivity contribution is 0.227. The van der Waals surface area contributed by atoms with Gasteiger partial charge in [-0.15, -0.1) is 0 Å². The van der Waals surface area contributed by atoms with Crippen molar-refractivity contribution in [3.05, 3.63) is 0 Å². The zero-order valence-corrected chi connectivity index (χ0v) is 8.41. The van der Waals surface area contributed by atoms with Crippen molar-refractivity contribution >= 4 is 11.8 Å². The van der Waals surface area contributed by atoms with E-state index in [0.717, 1.165) is 6.04 Å². The Bertz CT molecular complexity index is 126. The molecule has 2 aliphatic heterocycles. The molecule has 0 amide bonds. The molecule has 12 heavy (non-hydrogen) atoms. The Morgan fingerprint density at radius 1 is 1.25 bits per heavy atom. The SMILES string of the molecule is C1CNCCN([C@H]2CCSC2)C1. The van der Waals surface area contributed by atoms with Crippen LogP contribution < -0.4 is 5.32 Å². The second kappa shape index (κ2) is 4.49. The molecule has 2 rings (SSSR count). The quantitative estimate of drug-likeness (QED) is 0.652. The summed E-state index contributed by atoms with van der Waals surface area (Å²) in [5, 5.41) is 3.45. The van der Waals surface area contributed by atoms with Crippen LogP contribution in [0.25, 0.3) is 0 Å². The number of hydrogen-bond acceptors (Lipinski definition) is 3. The number of hydrogen-bond donors (Lipinski definition) is 1. The van der Waals surface area contributed by atoms with E-state index in [0.29, 0.717) is 0 Å². The smallest absolute Gasteiger partial charge is 0.0194 e. The van der Waals surface area contributed by atoms with Crippen molar-refractivity contribution in [1.29, 1.82) is 0 Å². The Morgan fingerprint density at radius 2 is 2.25 bits per heavy atom. The van der Waals surface area contributed by atoms with Gasteiger partial charge in [-0.2, -0.15) is 11.8 Å². The lowest BCUT2D eigenvalue weighted by atomic mass is 10.2. The Labute approximate surface area is 79.1 Å². The first-order chi connectivity index (χ1) is 5.97. The van der Waals surface area contributed by atoms with Crippen molar-refractivity contribution in [2.24, 2.45) is 0 Å². The molecule has 0 aromatic heterocycles. The van der Waals surface area contributed by atoms with E-state index < -0.39 is 0 Å². The summed E-state index contributed by atoms with van der Waals surface area (Å²) in [6, 6.07) is 0.898. The van der Waals surface area contributed by atoms with Gasteiger partial charge in [0.25, 0.3) is 0 Å². The van der Waals surface area contributed by atoms with Gasteiger partial charge in [0.2, 0.25) is 0 Å². The lowest BCUT2D eigenvalue weighted by Crippen LogP contribution is -2.37. The minimum Gasteiger partial charge on any atom is -0.315 e. The van der Waals surface area contributed by atoms with Crippen LogP contribution >= 0.6 is 11.8 Å². The molecule has 0 aromatic rings. The van der Waals surface area contributed by atoms with E-state index in [4.69, 9.17) is 0 Å². The molecule has 1 atom stereocenters. The summed E-state index contributed by atoms with van der Waals surface area (Å²) in [5.74, 6) is 2.76. The molecular formula is C9H18N2S. The van der Waals surface area contributed by atoms with Crippen LogP contribution in [-0.4, -0.2) is 48.6 Å². The Hall–Kier alpha value is 0.270. The molecule has 0 unspecified atom stereocenters. The highest BCUT2D eigenvalue weighted by atomic mass is 32.2. The van der Waals surface area contributed by atoms with Gasteiger partial charge in [0.15, 0.2) is 0 Å². The first-order valence-corrected chi connectivity index (χ1v) is 6.15. The zero-order valence-electron chi connectivity index (χ0n) is 7.59. The summed E-state index contributed by atoms with van der Waals surface area (Å²) in [6.07, 6.45) is 2.76. The maximum Gasteiger partial charge on any atom is 0.0194 e. The molecule has 2 heterocycles. The second-order valence-electron chi connectivity index (χ2n) is 3.66. The molecule has 0 saturated carbocycles. The van der Waals surface area contributed by atoms with Crippen molar-refractivity contribution in [3.8, 4) is 0 Å². The highest BCUT2D eigenvalue weighted by Gasteiger charge is 2.22. The van der Waals surface area contributed by atoms with E-state index in [-0.39, 0.29) is 0 Å². The molecule has 2 nitrogen and oxygen atoms in total. The summed E-state index contributed by atoms with van der Waals surface area (Å²) < 4.78 is 0. The van der Waals surface area contributed by atoms with Gasteiger partial charge in [-0.25, -0.2) is 0 Å². The molecule has 0 spiro atoms.